The number of rotatable bonds is 27. The van der Waals surface area contributed by atoms with Crippen molar-refractivity contribution in [3.63, 3.8) is 0 Å². The van der Waals surface area contributed by atoms with E-state index in [1.807, 2.05) is 0 Å². The molecule has 37 heavy (non-hydrogen) atoms. The normalized spacial score (nSPS) is 14.3. The molecular formula is C32H71N3OSi. The van der Waals surface area contributed by atoms with Crippen molar-refractivity contribution in [3.8, 4) is 0 Å². The summed E-state index contributed by atoms with van der Waals surface area (Å²) in [5.41, 5.74) is 0.416. The maximum Gasteiger partial charge on any atom is 0.189 e. The molecule has 0 saturated carbocycles. The van der Waals surface area contributed by atoms with Gasteiger partial charge in [0.25, 0.3) is 0 Å². The molecule has 0 aliphatic carbocycles. The minimum absolute atomic E-state index is 0.416. The SMILES string of the molecule is CCCN(CCC)CCC(CCN(CCC)CCC)(CCN(CCC)CCC)CC[Si](C)(CC)OCC. The van der Waals surface area contributed by atoms with Crippen LogP contribution in [0.2, 0.25) is 18.6 Å². The van der Waals surface area contributed by atoms with Crippen molar-refractivity contribution >= 4 is 8.32 Å². The molecule has 1 atom stereocenters. The predicted octanol–water partition coefficient (Wildman–Crippen LogP) is 8.53. The fraction of sp³-hybridized carbons (Fsp3) is 1.00. The maximum atomic E-state index is 6.49. The molecule has 0 heterocycles. The molecule has 0 aromatic heterocycles. The van der Waals surface area contributed by atoms with E-state index >= 15 is 0 Å². The molecular weight excluding hydrogens is 470 g/mol. The van der Waals surface area contributed by atoms with Crippen LogP contribution < -0.4 is 0 Å². The summed E-state index contributed by atoms with van der Waals surface area (Å²) < 4.78 is 6.49. The van der Waals surface area contributed by atoms with Crippen LogP contribution in [0, 0.1) is 5.41 Å². The third-order valence-electron chi connectivity index (χ3n) is 8.54. The molecule has 5 heteroatoms. The van der Waals surface area contributed by atoms with Crippen LogP contribution in [0.1, 0.15) is 120 Å². The summed E-state index contributed by atoms with van der Waals surface area (Å²) in [6.07, 6.45) is 13.0. The first-order chi connectivity index (χ1) is 17.8. The molecule has 0 bridgehead atoms. The molecule has 0 aromatic rings. The summed E-state index contributed by atoms with van der Waals surface area (Å²) in [6.45, 7) is 33.3. The van der Waals surface area contributed by atoms with Crippen LogP contribution in [0.25, 0.3) is 0 Å². The number of hydrogen-bond donors (Lipinski definition) is 0. The zero-order valence-electron chi connectivity index (χ0n) is 27.3. The Labute approximate surface area is 236 Å². The standard InChI is InChI=1S/C32H71N3OSi/c1-10-22-33(23-11-2)28-18-32(19-29-34(24-12-3)25-13-4,20-30-35(26-14-5)27-15-6)21-31-37(9,17-8)36-16-7/h10-31H2,1-9H3. The van der Waals surface area contributed by atoms with E-state index in [0.29, 0.717) is 5.41 Å². The van der Waals surface area contributed by atoms with Crippen LogP contribution in [0.15, 0.2) is 0 Å². The Kier molecular flexibility index (Phi) is 22.9. The summed E-state index contributed by atoms with van der Waals surface area (Å²) in [4.78, 5) is 8.29. The van der Waals surface area contributed by atoms with Crippen molar-refractivity contribution in [2.75, 3.05) is 65.5 Å². The topological polar surface area (TPSA) is 19.0 Å². The zero-order valence-corrected chi connectivity index (χ0v) is 28.3. The van der Waals surface area contributed by atoms with Gasteiger partial charge < -0.3 is 19.1 Å². The van der Waals surface area contributed by atoms with Gasteiger partial charge in [-0.1, -0.05) is 48.5 Å². The molecule has 0 N–H and O–H groups in total. The molecule has 0 spiro atoms. The van der Waals surface area contributed by atoms with Crippen LogP contribution in [0.4, 0.5) is 0 Å². The number of nitrogens with zero attached hydrogens (tertiary/aromatic N) is 3. The second kappa shape index (κ2) is 22.8. The van der Waals surface area contributed by atoms with Gasteiger partial charge in [0, 0.05) is 6.61 Å². The first kappa shape index (κ1) is 37.1. The molecule has 0 aromatic carbocycles. The van der Waals surface area contributed by atoms with Gasteiger partial charge in [-0.2, -0.15) is 0 Å². The summed E-state index contributed by atoms with van der Waals surface area (Å²) in [5.74, 6) is 0. The molecule has 0 aliphatic heterocycles. The van der Waals surface area contributed by atoms with Crippen molar-refractivity contribution < 1.29 is 4.43 Å². The van der Waals surface area contributed by atoms with Crippen molar-refractivity contribution in [3.05, 3.63) is 0 Å². The lowest BCUT2D eigenvalue weighted by Crippen LogP contribution is -2.41. The Hall–Kier alpha value is 0.0569. The van der Waals surface area contributed by atoms with E-state index in [-0.39, 0.29) is 0 Å². The van der Waals surface area contributed by atoms with Crippen LogP contribution >= 0.6 is 0 Å². The monoisotopic (exact) mass is 542 g/mol. The van der Waals surface area contributed by atoms with Crippen molar-refractivity contribution in [1.82, 2.24) is 14.7 Å². The fourth-order valence-electron chi connectivity index (χ4n) is 6.07. The highest BCUT2D eigenvalue weighted by atomic mass is 28.4. The van der Waals surface area contributed by atoms with Gasteiger partial charge in [0.05, 0.1) is 0 Å². The second-order valence-corrected chi connectivity index (χ2v) is 16.4. The smallest absolute Gasteiger partial charge is 0.189 e. The van der Waals surface area contributed by atoms with Gasteiger partial charge >= 0.3 is 0 Å². The van der Waals surface area contributed by atoms with Gasteiger partial charge in [-0.3, -0.25) is 0 Å². The molecule has 4 nitrogen and oxygen atoms in total. The molecule has 0 radical (unpaired) electrons. The van der Waals surface area contributed by atoms with E-state index in [1.54, 1.807) is 0 Å². The predicted molar refractivity (Wildman–Crippen MR) is 170 cm³/mol. The van der Waals surface area contributed by atoms with Crippen LogP contribution in [-0.2, 0) is 4.43 Å². The molecule has 0 saturated heterocycles. The third kappa shape index (κ3) is 16.7. The summed E-state index contributed by atoms with van der Waals surface area (Å²) in [6, 6.07) is 2.56. The molecule has 1 unspecified atom stereocenters. The van der Waals surface area contributed by atoms with E-state index < -0.39 is 8.32 Å². The quantitative estimate of drug-likeness (QED) is 0.0970. The van der Waals surface area contributed by atoms with Crippen molar-refractivity contribution in [2.24, 2.45) is 5.41 Å². The Balaban J connectivity index is 6.03. The van der Waals surface area contributed by atoms with E-state index in [2.05, 4.69) is 76.6 Å². The van der Waals surface area contributed by atoms with E-state index in [0.717, 1.165) is 6.61 Å². The molecule has 0 fully saturated rings. The van der Waals surface area contributed by atoms with Gasteiger partial charge in [0.2, 0.25) is 0 Å². The average Bonchev–Trinajstić information content (AvgIpc) is 2.88. The lowest BCUT2D eigenvalue weighted by atomic mass is 9.75. The van der Waals surface area contributed by atoms with Gasteiger partial charge in [0.15, 0.2) is 8.32 Å². The fourth-order valence-corrected chi connectivity index (χ4v) is 8.53. The average molecular weight is 542 g/mol. The Bertz CT molecular complexity index is 438. The minimum Gasteiger partial charge on any atom is -0.417 e. The van der Waals surface area contributed by atoms with E-state index in [4.69, 9.17) is 4.43 Å². The van der Waals surface area contributed by atoms with Gasteiger partial charge in [-0.25, -0.2) is 0 Å². The van der Waals surface area contributed by atoms with Crippen LogP contribution in [-0.4, -0.2) is 88.5 Å². The first-order valence-electron chi connectivity index (χ1n) is 16.6. The van der Waals surface area contributed by atoms with Gasteiger partial charge in [0.1, 0.15) is 0 Å². The highest BCUT2D eigenvalue weighted by molar-refractivity contribution is 6.72. The van der Waals surface area contributed by atoms with Crippen LogP contribution in [0.5, 0.6) is 0 Å². The second-order valence-electron chi connectivity index (χ2n) is 12.0. The molecule has 0 amide bonds. The van der Waals surface area contributed by atoms with Crippen molar-refractivity contribution in [1.29, 1.82) is 0 Å². The van der Waals surface area contributed by atoms with Crippen LogP contribution in [0.3, 0.4) is 0 Å². The highest BCUT2D eigenvalue weighted by Gasteiger charge is 2.36. The zero-order chi connectivity index (χ0) is 28.0. The molecule has 224 valence electrons. The Morgan fingerprint density at radius 2 is 0.811 bits per heavy atom. The molecule has 0 aliphatic rings. The van der Waals surface area contributed by atoms with E-state index in [1.165, 1.54) is 135 Å². The third-order valence-corrected chi connectivity index (χ3v) is 12.3. The Morgan fingerprint density at radius 1 is 0.486 bits per heavy atom. The minimum atomic E-state index is -1.63. The lowest BCUT2D eigenvalue weighted by molar-refractivity contribution is 0.114. The van der Waals surface area contributed by atoms with Gasteiger partial charge in [-0.05, 0) is 154 Å². The largest absolute Gasteiger partial charge is 0.417 e. The Morgan fingerprint density at radius 3 is 1.05 bits per heavy atom. The van der Waals surface area contributed by atoms with Crippen molar-refractivity contribution in [2.45, 2.75) is 138 Å². The van der Waals surface area contributed by atoms with Gasteiger partial charge in [-0.15, -0.1) is 0 Å². The highest BCUT2D eigenvalue weighted by Crippen LogP contribution is 2.40. The lowest BCUT2D eigenvalue weighted by Gasteiger charge is -2.41. The molecule has 0 rings (SSSR count). The maximum absolute atomic E-state index is 6.49. The number of hydrogen-bond acceptors (Lipinski definition) is 4. The first-order valence-corrected chi connectivity index (χ1v) is 19.4. The van der Waals surface area contributed by atoms with E-state index in [9.17, 15) is 0 Å². The summed E-state index contributed by atoms with van der Waals surface area (Å²) in [5, 5.41) is 0. The summed E-state index contributed by atoms with van der Waals surface area (Å²) in [7, 11) is -1.63. The summed E-state index contributed by atoms with van der Waals surface area (Å²) >= 11 is 0.